The second-order valence-corrected chi connectivity index (χ2v) is 6.06. The summed E-state index contributed by atoms with van der Waals surface area (Å²) in [5.41, 5.74) is 2.10. The average molecular weight is 350 g/mol. The monoisotopic (exact) mass is 349 g/mol. The van der Waals surface area contributed by atoms with Crippen LogP contribution in [0.3, 0.4) is 0 Å². The fourth-order valence-electron chi connectivity index (χ4n) is 2.48. The molecule has 2 rings (SSSR count). The van der Waals surface area contributed by atoms with Crippen LogP contribution in [0.25, 0.3) is 0 Å². The zero-order valence-electron chi connectivity index (χ0n) is 12.4. The van der Waals surface area contributed by atoms with Gasteiger partial charge in [0.2, 0.25) is 0 Å². The first kappa shape index (κ1) is 17.4. The summed E-state index contributed by atoms with van der Waals surface area (Å²) >= 11 is 11.9. The van der Waals surface area contributed by atoms with E-state index in [-0.39, 0.29) is 12.0 Å². The highest BCUT2D eigenvalue weighted by atomic mass is 35.5. The molecule has 0 aromatic heterocycles. The summed E-state index contributed by atoms with van der Waals surface area (Å²) in [6, 6.07) is 14.7. The molecular weight excluding hydrogens is 333 g/mol. The van der Waals surface area contributed by atoms with Crippen LogP contribution in [0.15, 0.2) is 61.2 Å². The Bertz CT molecular complexity index is 623. The Labute approximate surface area is 145 Å². The number of nitrogens with one attached hydrogen (secondary N) is 1. The summed E-state index contributed by atoms with van der Waals surface area (Å²) < 4.78 is 0. The topological polar surface area (TPSA) is 49.3 Å². The fourth-order valence-corrected chi connectivity index (χ4v) is 2.73. The van der Waals surface area contributed by atoms with E-state index in [4.69, 9.17) is 28.3 Å². The fraction of sp³-hybridized carbons (Fsp3) is 0.167. The number of carbonyl (C=O) groups is 1. The minimum Gasteiger partial charge on any atom is -0.465 e. The molecule has 0 fully saturated rings. The van der Waals surface area contributed by atoms with Crippen LogP contribution in [0.5, 0.6) is 0 Å². The highest BCUT2D eigenvalue weighted by Crippen LogP contribution is 2.31. The van der Waals surface area contributed by atoms with E-state index >= 15 is 0 Å². The first-order valence-corrected chi connectivity index (χ1v) is 7.88. The minimum absolute atomic E-state index is 0.000571. The van der Waals surface area contributed by atoms with Gasteiger partial charge in [-0.15, -0.1) is 6.58 Å². The van der Waals surface area contributed by atoms with Gasteiger partial charge in [0.15, 0.2) is 0 Å². The number of hydrogen-bond acceptors (Lipinski definition) is 1. The van der Waals surface area contributed by atoms with Crippen LogP contribution >= 0.6 is 23.2 Å². The van der Waals surface area contributed by atoms with Crippen LogP contribution in [0.2, 0.25) is 10.0 Å². The molecule has 2 aromatic rings. The van der Waals surface area contributed by atoms with Crippen LogP contribution in [-0.4, -0.2) is 17.2 Å². The van der Waals surface area contributed by atoms with E-state index in [1.165, 1.54) is 0 Å². The largest absolute Gasteiger partial charge is 0.465 e. The third-order valence-corrected chi connectivity index (χ3v) is 4.13. The highest BCUT2D eigenvalue weighted by Gasteiger charge is 2.19. The van der Waals surface area contributed by atoms with E-state index in [9.17, 15) is 4.79 Å². The second kappa shape index (κ2) is 8.04. The maximum Gasteiger partial charge on any atom is 0.405 e. The Morgan fingerprint density at radius 1 is 1.04 bits per heavy atom. The number of benzene rings is 2. The molecule has 0 aliphatic carbocycles. The molecular formula is C18H17Cl2NO2. The maximum absolute atomic E-state index is 10.9. The van der Waals surface area contributed by atoms with Crippen LogP contribution in [0.4, 0.5) is 4.79 Å². The van der Waals surface area contributed by atoms with Gasteiger partial charge in [0, 0.05) is 16.0 Å². The second-order valence-electron chi connectivity index (χ2n) is 5.18. The summed E-state index contributed by atoms with van der Waals surface area (Å²) in [6.07, 6.45) is 1.09. The predicted octanol–water partition coefficient (Wildman–Crippen LogP) is 5.34. The van der Waals surface area contributed by atoms with E-state index in [0.717, 1.165) is 11.1 Å². The summed E-state index contributed by atoms with van der Waals surface area (Å²) in [5.74, 6) is -0.000571. The van der Waals surface area contributed by atoms with Gasteiger partial charge in [0.1, 0.15) is 0 Å². The lowest BCUT2D eigenvalue weighted by molar-refractivity contribution is 0.191. The standard InChI is InChI=1S/C18H17Cl2NO2/c1-2-16(21-18(22)23)11-17(12-3-7-14(19)8-4-12)13-5-9-15(20)10-6-13/h2-10,16-17,21H,1,11H2,(H,22,23). The van der Waals surface area contributed by atoms with Gasteiger partial charge in [-0.3, -0.25) is 0 Å². The van der Waals surface area contributed by atoms with Crippen molar-refractivity contribution >= 4 is 29.3 Å². The molecule has 1 amide bonds. The molecule has 0 bridgehead atoms. The number of halogens is 2. The quantitative estimate of drug-likeness (QED) is 0.691. The van der Waals surface area contributed by atoms with Crippen molar-refractivity contribution in [3.05, 3.63) is 82.4 Å². The first-order chi connectivity index (χ1) is 11.0. The zero-order chi connectivity index (χ0) is 16.8. The zero-order valence-corrected chi connectivity index (χ0v) is 13.9. The van der Waals surface area contributed by atoms with Gasteiger partial charge in [-0.25, -0.2) is 4.79 Å². The molecule has 120 valence electrons. The Balaban J connectivity index is 2.34. The molecule has 3 nitrogen and oxygen atoms in total. The summed E-state index contributed by atoms with van der Waals surface area (Å²) in [6.45, 7) is 3.71. The predicted molar refractivity (Wildman–Crippen MR) is 94.5 cm³/mol. The number of hydrogen-bond donors (Lipinski definition) is 2. The summed E-state index contributed by atoms with van der Waals surface area (Å²) in [4.78, 5) is 10.9. The number of amides is 1. The first-order valence-electron chi connectivity index (χ1n) is 7.12. The van der Waals surface area contributed by atoms with Gasteiger partial charge in [0.25, 0.3) is 0 Å². The molecule has 0 heterocycles. The van der Waals surface area contributed by atoms with Crippen molar-refractivity contribution in [1.29, 1.82) is 0 Å². The molecule has 0 radical (unpaired) electrons. The molecule has 0 aliphatic heterocycles. The molecule has 0 aliphatic rings. The third-order valence-electron chi connectivity index (χ3n) is 3.63. The number of rotatable bonds is 6. The molecule has 2 N–H and O–H groups in total. The van der Waals surface area contributed by atoms with Crippen molar-refractivity contribution in [3.63, 3.8) is 0 Å². The van der Waals surface area contributed by atoms with Crippen molar-refractivity contribution in [3.8, 4) is 0 Å². The van der Waals surface area contributed by atoms with Crippen molar-refractivity contribution in [2.24, 2.45) is 0 Å². The Morgan fingerprint density at radius 3 is 1.83 bits per heavy atom. The van der Waals surface area contributed by atoms with E-state index in [0.29, 0.717) is 16.5 Å². The van der Waals surface area contributed by atoms with Crippen molar-refractivity contribution < 1.29 is 9.90 Å². The molecule has 1 atom stereocenters. The normalized spacial score (nSPS) is 12.0. The molecule has 23 heavy (non-hydrogen) atoms. The lowest BCUT2D eigenvalue weighted by atomic mass is 9.86. The Morgan fingerprint density at radius 2 is 1.48 bits per heavy atom. The van der Waals surface area contributed by atoms with Crippen LogP contribution in [0.1, 0.15) is 23.5 Å². The lowest BCUT2D eigenvalue weighted by Crippen LogP contribution is -2.33. The summed E-state index contributed by atoms with van der Waals surface area (Å²) in [7, 11) is 0. The third kappa shape index (κ3) is 5.02. The van der Waals surface area contributed by atoms with E-state index in [1.54, 1.807) is 6.08 Å². The van der Waals surface area contributed by atoms with E-state index in [1.807, 2.05) is 48.5 Å². The van der Waals surface area contributed by atoms with E-state index in [2.05, 4.69) is 11.9 Å². The molecule has 0 spiro atoms. The average Bonchev–Trinajstić information content (AvgIpc) is 2.53. The maximum atomic E-state index is 10.9. The van der Waals surface area contributed by atoms with Crippen LogP contribution in [0, 0.1) is 0 Å². The molecule has 0 saturated carbocycles. The Hall–Kier alpha value is -1.97. The summed E-state index contributed by atoms with van der Waals surface area (Å²) in [5, 5.41) is 12.7. The van der Waals surface area contributed by atoms with E-state index < -0.39 is 6.09 Å². The SMILES string of the molecule is C=CC(CC(c1ccc(Cl)cc1)c1ccc(Cl)cc1)NC(=O)O. The van der Waals surface area contributed by atoms with Gasteiger partial charge in [0.05, 0.1) is 6.04 Å². The lowest BCUT2D eigenvalue weighted by Gasteiger charge is -2.22. The van der Waals surface area contributed by atoms with Crippen molar-refractivity contribution in [1.82, 2.24) is 5.32 Å². The highest BCUT2D eigenvalue weighted by molar-refractivity contribution is 6.30. The van der Waals surface area contributed by atoms with Gasteiger partial charge >= 0.3 is 6.09 Å². The Kier molecular flexibility index (Phi) is 6.08. The van der Waals surface area contributed by atoms with Gasteiger partial charge in [-0.2, -0.15) is 0 Å². The molecule has 5 heteroatoms. The van der Waals surface area contributed by atoms with Crippen LogP contribution in [-0.2, 0) is 0 Å². The van der Waals surface area contributed by atoms with Gasteiger partial charge < -0.3 is 10.4 Å². The number of carboxylic acid groups (broad SMARTS) is 1. The van der Waals surface area contributed by atoms with Gasteiger partial charge in [-0.05, 0) is 41.8 Å². The molecule has 2 aromatic carbocycles. The van der Waals surface area contributed by atoms with Crippen molar-refractivity contribution in [2.45, 2.75) is 18.4 Å². The van der Waals surface area contributed by atoms with Crippen LogP contribution < -0.4 is 5.32 Å². The van der Waals surface area contributed by atoms with Gasteiger partial charge in [-0.1, -0.05) is 53.5 Å². The molecule has 0 saturated heterocycles. The van der Waals surface area contributed by atoms with Crippen molar-refractivity contribution in [2.75, 3.05) is 0 Å². The molecule has 1 unspecified atom stereocenters. The minimum atomic E-state index is -1.07. The smallest absolute Gasteiger partial charge is 0.405 e.